The maximum absolute atomic E-state index is 13.8. The van der Waals surface area contributed by atoms with Gasteiger partial charge in [-0.15, -0.1) is 23.5 Å². The quantitative estimate of drug-likeness (QED) is 0.374. The summed E-state index contributed by atoms with van der Waals surface area (Å²) < 4.78 is 66.3. The fraction of sp³-hybridized carbons (Fsp3) is 0.571. The van der Waals surface area contributed by atoms with E-state index in [-0.39, 0.29) is 5.41 Å². The lowest BCUT2D eigenvalue weighted by atomic mass is 9.83. The van der Waals surface area contributed by atoms with Crippen LogP contribution in [0.3, 0.4) is 0 Å². The van der Waals surface area contributed by atoms with E-state index in [9.17, 15) is 22.0 Å². The van der Waals surface area contributed by atoms with Gasteiger partial charge in [0.05, 0.1) is 10.1 Å². The van der Waals surface area contributed by atoms with Crippen LogP contribution in [0.5, 0.6) is 0 Å². The molecule has 0 amide bonds. The monoisotopic (exact) mass is 342 g/mol. The largest absolute Gasteiger partial charge is 0.203 e. The van der Waals surface area contributed by atoms with Gasteiger partial charge in [-0.1, -0.05) is 20.8 Å². The molecule has 0 N–H and O–H groups in total. The molecule has 0 aromatic heterocycles. The number of rotatable bonds is 1. The van der Waals surface area contributed by atoms with Gasteiger partial charge >= 0.3 is 0 Å². The third-order valence-corrected chi connectivity index (χ3v) is 6.68. The maximum atomic E-state index is 13.8. The average Bonchev–Trinajstić information content (AvgIpc) is 2.43. The Morgan fingerprint density at radius 2 is 1.14 bits per heavy atom. The van der Waals surface area contributed by atoms with Crippen LogP contribution in [0.4, 0.5) is 22.0 Å². The van der Waals surface area contributed by atoms with Crippen LogP contribution in [0.2, 0.25) is 0 Å². The van der Waals surface area contributed by atoms with Gasteiger partial charge in [-0.2, -0.15) is 0 Å². The van der Waals surface area contributed by atoms with E-state index in [4.69, 9.17) is 0 Å². The summed E-state index contributed by atoms with van der Waals surface area (Å²) in [6.45, 7) is 6.20. The van der Waals surface area contributed by atoms with Gasteiger partial charge in [-0.25, -0.2) is 22.0 Å². The summed E-state index contributed by atoms with van der Waals surface area (Å²) in [5.74, 6) is -7.71. The normalized spacial score (nSPS) is 23.4. The summed E-state index contributed by atoms with van der Waals surface area (Å²) in [6.07, 6.45) is 0. The first kappa shape index (κ1) is 16.9. The fourth-order valence-electron chi connectivity index (χ4n) is 2.00. The van der Waals surface area contributed by atoms with E-state index in [0.29, 0.717) is 17.4 Å². The molecular weight excluding hydrogens is 327 g/mol. The molecule has 0 nitrogen and oxygen atoms in total. The molecule has 0 radical (unpaired) electrons. The Labute approximate surface area is 128 Å². The third kappa shape index (κ3) is 3.18. The van der Waals surface area contributed by atoms with E-state index in [1.54, 1.807) is 0 Å². The highest BCUT2D eigenvalue weighted by Gasteiger charge is 2.36. The molecule has 0 spiro atoms. The summed E-state index contributed by atoms with van der Waals surface area (Å²) in [6, 6.07) is 0. The van der Waals surface area contributed by atoms with Gasteiger partial charge in [-0.05, 0) is 22.8 Å². The number of hydrogen-bond donors (Lipinski definition) is 0. The first-order chi connectivity index (χ1) is 9.64. The molecule has 1 aromatic carbocycles. The van der Waals surface area contributed by atoms with E-state index in [1.165, 1.54) is 23.5 Å². The molecule has 1 saturated heterocycles. The van der Waals surface area contributed by atoms with Crippen molar-refractivity contribution in [3.63, 3.8) is 0 Å². The molecule has 2 rings (SSSR count). The molecule has 1 heterocycles. The lowest BCUT2D eigenvalue weighted by Crippen LogP contribution is -2.28. The van der Waals surface area contributed by atoms with Crippen molar-refractivity contribution in [1.29, 1.82) is 0 Å². The molecule has 1 fully saturated rings. The van der Waals surface area contributed by atoms with Crippen molar-refractivity contribution in [2.75, 3.05) is 11.5 Å². The molecular formula is C14H15F5S2. The van der Waals surface area contributed by atoms with Crippen LogP contribution in [0, 0.1) is 40.4 Å². The summed E-state index contributed by atoms with van der Waals surface area (Å²) in [7, 11) is 0. The highest BCUT2D eigenvalue weighted by molar-refractivity contribution is 8.16. The average molecular weight is 342 g/mol. The molecule has 0 unspecified atom stereocenters. The number of benzene rings is 1. The van der Waals surface area contributed by atoms with Crippen molar-refractivity contribution in [3.05, 3.63) is 34.6 Å². The van der Waals surface area contributed by atoms with Gasteiger partial charge < -0.3 is 0 Å². The number of thioether (sulfide) groups is 2. The van der Waals surface area contributed by atoms with Crippen molar-refractivity contribution in [2.24, 2.45) is 11.3 Å². The van der Waals surface area contributed by atoms with Crippen molar-refractivity contribution < 1.29 is 22.0 Å². The van der Waals surface area contributed by atoms with Crippen LogP contribution < -0.4 is 0 Å². The molecule has 1 aliphatic rings. The minimum Gasteiger partial charge on any atom is -0.203 e. The highest BCUT2D eigenvalue weighted by Crippen LogP contribution is 2.50. The van der Waals surface area contributed by atoms with Crippen LogP contribution >= 0.6 is 23.5 Å². The molecule has 7 heteroatoms. The molecule has 21 heavy (non-hydrogen) atoms. The smallest absolute Gasteiger partial charge is 0.200 e. The summed E-state index contributed by atoms with van der Waals surface area (Å²) in [5.41, 5.74) is -0.671. The third-order valence-electron chi connectivity index (χ3n) is 3.60. The summed E-state index contributed by atoms with van der Waals surface area (Å²) in [4.78, 5) is 0. The van der Waals surface area contributed by atoms with Crippen molar-refractivity contribution >= 4 is 23.5 Å². The second-order valence-electron chi connectivity index (χ2n) is 6.05. The lowest BCUT2D eigenvalue weighted by molar-refractivity contribution is 0.292. The SMILES string of the molecule is CC(C)(C)C1CSC(c2c(F)c(F)c(F)c(F)c2F)SC1. The predicted molar refractivity (Wildman–Crippen MR) is 76.8 cm³/mol. The maximum Gasteiger partial charge on any atom is 0.200 e. The van der Waals surface area contributed by atoms with Gasteiger partial charge in [0.2, 0.25) is 5.82 Å². The molecule has 118 valence electrons. The highest BCUT2D eigenvalue weighted by atomic mass is 32.2. The van der Waals surface area contributed by atoms with E-state index in [0.717, 1.165) is 0 Å². The Morgan fingerprint density at radius 1 is 0.762 bits per heavy atom. The topological polar surface area (TPSA) is 0 Å². The molecule has 0 aliphatic carbocycles. The zero-order chi connectivity index (χ0) is 15.9. The molecule has 0 atom stereocenters. The van der Waals surface area contributed by atoms with E-state index in [2.05, 4.69) is 20.8 Å². The Morgan fingerprint density at radius 3 is 1.52 bits per heavy atom. The van der Waals surface area contributed by atoms with Crippen LogP contribution in [0.15, 0.2) is 0 Å². The van der Waals surface area contributed by atoms with Crippen LogP contribution in [-0.2, 0) is 0 Å². The van der Waals surface area contributed by atoms with Crippen molar-refractivity contribution in [1.82, 2.24) is 0 Å². The van der Waals surface area contributed by atoms with E-state index >= 15 is 0 Å². The van der Waals surface area contributed by atoms with Crippen molar-refractivity contribution in [2.45, 2.75) is 25.4 Å². The standard InChI is InChI=1S/C14H15F5S2/c1-14(2,3)6-4-20-13(21-5-6)7-8(15)10(17)12(19)11(18)9(7)16/h6,13H,4-5H2,1-3H3. The predicted octanol–water partition coefficient (Wildman–Crippen LogP) is 5.52. The second kappa shape index (κ2) is 5.99. The van der Waals surface area contributed by atoms with E-state index < -0.39 is 39.2 Å². The molecule has 1 aromatic rings. The Hall–Kier alpha value is -0.430. The minimum absolute atomic E-state index is 0.0430. The number of hydrogen-bond acceptors (Lipinski definition) is 2. The summed E-state index contributed by atoms with van der Waals surface area (Å²) in [5, 5.41) is 0. The van der Waals surface area contributed by atoms with Gasteiger partial charge in [0.15, 0.2) is 23.3 Å². The fourth-order valence-corrected chi connectivity index (χ4v) is 5.80. The van der Waals surface area contributed by atoms with Gasteiger partial charge in [-0.3, -0.25) is 0 Å². The zero-order valence-electron chi connectivity index (χ0n) is 11.8. The van der Waals surface area contributed by atoms with E-state index in [1.807, 2.05) is 0 Å². The number of halogens is 5. The van der Waals surface area contributed by atoms with Crippen LogP contribution in [0.1, 0.15) is 30.9 Å². The first-order valence-corrected chi connectivity index (χ1v) is 8.49. The van der Waals surface area contributed by atoms with Gasteiger partial charge in [0.25, 0.3) is 0 Å². The molecule has 0 saturated carbocycles. The Kier molecular flexibility index (Phi) is 4.83. The molecule has 1 aliphatic heterocycles. The van der Waals surface area contributed by atoms with Gasteiger partial charge in [0, 0.05) is 0 Å². The summed E-state index contributed by atoms with van der Waals surface area (Å²) >= 11 is 2.46. The minimum atomic E-state index is -2.10. The molecule has 0 bridgehead atoms. The van der Waals surface area contributed by atoms with Gasteiger partial charge in [0.1, 0.15) is 0 Å². The Bertz CT molecular complexity index is 516. The Balaban J connectivity index is 2.29. The van der Waals surface area contributed by atoms with Crippen molar-refractivity contribution in [3.8, 4) is 0 Å². The second-order valence-corrected chi connectivity index (χ2v) is 8.62. The van der Waals surface area contributed by atoms with Crippen LogP contribution in [-0.4, -0.2) is 11.5 Å². The first-order valence-electron chi connectivity index (χ1n) is 6.39. The lowest BCUT2D eigenvalue weighted by Gasteiger charge is -2.36. The zero-order valence-corrected chi connectivity index (χ0v) is 13.4. The van der Waals surface area contributed by atoms with Crippen LogP contribution in [0.25, 0.3) is 0 Å².